The molecule has 10 heteroatoms. The first-order valence-corrected chi connectivity index (χ1v) is 9.71. The molecule has 0 aliphatic carbocycles. The molecule has 2 aromatic rings. The number of amides is 2. The van der Waals surface area contributed by atoms with Gasteiger partial charge in [-0.05, 0) is 66.8 Å². The van der Waals surface area contributed by atoms with E-state index in [1.165, 1.54) is 19.2 Å². The number of halogens is 5. The minimum Gasteiger partial charge on any atom is -0.382 e. The Morgan fingerprint density at radius 2 is 1.77 bits per heavy atom. The van der Waals surface area contributed by atoms with Crippen molar-refractivity contribution in [3.8, 4) is 0 Å². The van der Waals surface area contributed by atoms with Gasteiger partial charge in [0.2, 0.25) is 0 Å². The third kappa shape index (κ3) is 6.14. The molecule has 2 N–H and O–H groups in total. The summed E-state index contributed by atoms with van der Waals surface area (Å²) in [7, 11) is 1.48. The molecule has 0 saturated carbocycles. The number of ether oxygens (including phenoxy) is 1. The van der Waals surface area contributed by atoms with Gasteiger partial charge in [-0.25, -0.2) is 4.39 Å². The van der Waals surface area contributed by atoms with E-state index in [0.29, 0.717) is 15.7 Å². The van der Waals surface area contributed by atoms with Crippen molar-refractivity contribution < 1.29 is 31.9 Å². The number of carbonyl (C=O) groups excluding carboxylic acids is 2. The SMILES string of the molecule is COCC(C)(C)NC(=O)c1c(I)cccc1C(=O)Nc1cc(F)cc(C(F)(F)F)c1. The van der Waals surface area contributed by atoms with Crippen LogP contribution >= 0.6 is 22.6 Å². The van der Waals surface area contributed by atoms with Gasteiger partial charge in [0.05, 0.1) is 28.8 Å². The number of hydrogen-bond acceptors (Lipinski definition) is 3. The maximum atomic E-state index is 13.6. The van der Waals surface area contributed by atoms with Crippen LogP contribution in [0.25, 0.3) is 0 Å². The van der Waals surface area contributed by atoms with E-state index in [1.807, 2.05) is 22.6 Å². The monoisotopic (exact) mass is 538 g/mol. The first kappa shape index (κ1) is 24.1. The summed E-state index contributed by atoms with van der Waals surface area (Å²) in [4.78, 5) is 25.5. The predicted molar refractivity (Wildman–Crippen MR) is 112 cm³/mol. The molecule has 0 aliphatic rings. The lowest BCUT2D eigenvalue weighted by atomic mass is 10.0. The van der Waals surface area contributed by atoms with E-state index in [4.69, 9.17) is 4.74 Å². The Morgan fingerprint density at radius 3 is 2.37 bits per heavy atom. The van der Waals surface area contributed by atoms with E-state index in [1.54, 1.807) is 19.9 Å². The second kappa shape index (κ2) is 9.29. The fourth-order valence-corrected chi connectivity index (χ4v) is 3.48. The number of alkyl halides is 3. The van der Waals surface area contributed by atoms with Crippen LogP contribution in [0.4, 0.5) is 23.2 Å². The molecule has 30 heavy (non-hydrogen) atoms. The third-order valence-corrected chi connectivity index (χ3v) is 4.82. The van der Waals surface area contributed by atoms with Gasteiger partial charge in [0.1, 0.15) is 5.82 Å². The Kier molecular flexibility index (Phi) is 7.45. The number of anilines is 1. The van der Waals surface area contributed by atoms with E-state index < -0.39 is 34.9 Å². The summed E-state index contributed by atoms with van der Waals surface area (Å²) in [5.41, 5.74) is -2.36. The maximum absolute atomic E-state index is 13.6. The molecule has 2 rings (SSSR count). The van der Waals surface area contributed by atoms with Crippen molar-refractivity contribution in [1.29, 1.82) is 0 Å². The zero-order chi connectivity index (χ0) is 22.7. The van der Waals surface area contributed by atoms with E-state index >= 15 is 0 Å². The minimum absolute atomic E-state index is 0.0484. The van der Waals surface area contributed by atoms with Crippen molar-refractivity contribution in [3.05, 3.63) is 62.5 Å². The fourth-order valence-electron chi connectivity index (χ4n) is 2.73. The second-order valence-corrected chi connectivity index (χ2v) is 8.28. The number of hydrogen-bond donors (Lipinski definition) is 2. The van der Waals surface area contributed by atoms with Gasteiger partial charge in [0.25, 0.3) is 11.8 Å². The highest BCUT2D eigenvalue weighted by Gasteiger charge is 2.32. The van der Waals surface area contributed by atoms with Crippen molar-refractivity contribution in [3.63, 3.8) is 0 Å². The lowest BCUT2D eigenvalue weighted by Crippen LogP contribution is -2.47. The van der Waals surface area contributed by atoms with Crippen molar-refractivity contribution in [2.75, 3.05) is 19.0 Å². The molecule has 0 bridgehead atoms. The Morgan fingerprint density at radius 1 is 1.10 bits per heavy atom. The normalized spacial score (nSPS) is 11.9. The zero-order valence-corrected chi connectivity index (χ0v) is 18.4. The van der Waals surface area contributed by atoms with Crippen LogP contribution in [0.5, 0.6) is 0 Å². The lowest BCUT2D eigenvalue weighted by molar-refractivity contribution is -0.137. The quantitative estimate of drug-likeness (QED) is 0.408. The van der Waals surface area contributed by atoms with E-state index in [9.17, 15) is 27.2 Å². The summed E-state index contributed by atoms with van der Waals surface area (Å²) >= 11 is 1.88. The predicted octanol–water partition coefficient (Wildman–Crippen LogP) is 4.86. The van der Waals surface area contributed by atoms with Crippen molar-refractivity contribution in [2.24, 2.45) is 0 Å². The van der Waals surface area contributed by atoms with Gasteiger partial charge in [0.15, 0.2) is 0 Å². The van der Waals surface area contributed by atoms with E-state index in [2.05, 4.69) is 10.6 Å². The van der Waals surface area contributed by atoms with Crippen molar-refractivity contribution in [2.45, 2.75) is 25.6 Å². The highest BCUT2D eigenvalue weighted by atomic mass is 127. The third-order valence-electron chi connectivity index (χ3n) is 3.93. The van der Waals surface area contributed by atoms with Crippen LogP contribution in [0.15, 0.2) is 36.4 Å². The van der Waals surface area contributed by atoms with Crippen LogP contribution in [0.1, 0.15) is 40.1 Å². The van der Waals surface area contributed by atoms with Crippen LogP contribution in [-0.4, -0.2) is 31.1 Å². The smallest absolute Gasteiger partial charge is 0.382 e. The zero-order valence-electron chi connectivity index (χ0n) is 16.3. The van der Waals surface area contributed by atoms with Gasteiger partial charge in [-0.3, -0.25) is 9.59 Å². The molecule has 0 saturated heterocycles. The number of nitrogens with one attached hydrogen (secondary N) is 2. The molecule has 0 atom stereocenters. The van der Waals surface area contributed by atoms with Crippen molar-refractivity contribution >= 4 is 40.1 Å². The number of benzene rings is 2. The van der Waals surface area contributed by atoms with Crippen LogP contribution in [0.3, 0.4) is 0 Å². The number of carbonyl (C=O) groups is 2. The molecule has 2 amide bonds. The summed E-state index contributed by atoms with van der Waals surface area (Å²) in [6.45, 7) is 3.68. The molecule has 0 spiro atoms. The highest BCUT2D eigenvalue weighted by Crippen LogP contribution is 2.32. The maximum Gasteiger partial charge on any atom is 0.416 e. The Hall–Kier alpha value is -2.21. The van der Waals surface area contributed by atoms with Crippen LogP contribution in [0, 0.1) is 9.39 Å². The molecule has 0 radical (unpaired) electrons. The highest BCUT2D eigenvalue weighted by molar-refractivity contribution is 14.1. The molecule has 0 aromatic heterocycles. The summed E-state index contributed by atoms with van der Waals surface area (Å²) < 4.78 is 57.9. The fraction of sp³-hybridized carbons (Fsp3) is 0.300. The topological polar surface area (TPSA) is 67.4 Å². The second-order valence-electron chi connectivity index (χ2n) is 7.11. The van der Waals surface area contributed by atoms with Crippen molar-refractivity contribution in [1.82, 2.24) is 5.32 Å². The van der Waals surface area contributed by atoms with Gasteiger partial charge in [0, 0.05) is 16.4 Å². The molecule has 2 aromatic carbocycles. The van der Waals surface area contributed by atoms with E-state index in [-0.39, 0.29) is 23.4 Å². The summed E-state index contributed by atoms with van der Waals surface area (Å²) in [5.74, 6) is -2.55. The largest absolute Gasteiger partial charge is 0.416 e. The molecule has 0 aliphatic heterocycles. The molecule has 0 heterocycles. The summed E-state index contributed by atoms with van der Waals surface area (Å²) in [6.07, 6.45) is -4.78. The number of methoxy groups -OCH3 is 1. The number of rotatable bonds is 6. The van der Waals surface area contributed by atoms with Crippen LogP contribution in [0.2, 0.25) is 0 Å². The van der Waals surface area contributed by atoms with E-state index in [0.717, 1.165) is 6.07 Å². The first-order valence-electron chi connectivity index (χ1n) is 8.63. The van der Waals surface area contributed by atoms with Crippen LogP contribution < -0.4 is 10.6 Å². The summed E-state index contributed by atoms with van der Waals surface area (Å²) in [5, 5.41) is 4.99. The molecular formula is C20H19F4IN2O3. The van der Waals surface area contributed by atoms with Gasteiger partial charge >= 0.3 is 6.18 Å². The Bertz CT molecular complexity index is 962. The van der Waals surface area contributed by atoms with Gasteiger partial charge < -0.3 is 15.4 Å². The molecule has 162 valence electrons. The Labute approximate surface area is 184 Å². The average Bonchev–Trinajstić information content (AvgIpc) is 2.59. The minimum atomic E-state index is -4.78. The first-order chi connectivity index (χ1) is 13.8. The van der Waals surface area contributed by atoms with Crippen LogP contribution in [-0.2, 0) is 10.9 Å². The van der Waals surface area contributed by atoms with Gasteiger partial charge in [-0.15, -0.1) is 0 Å². The van der Waals surface area contributed by atoms with Gasteiger partial charge in [-0.1, -0.05) is 6.07 Å². The molecule has 0 unspecified atom stereocenters. The standard InChI is InChI=1S/C20H19F4IN2O3/c1-19(2,10-30-3)27-18(29)16-14(5-4-6-15(16)25)17(28)26-13-8-11(20(22,23)24)7-12(21)9-13/h4-9H,10H2,1-3H3,(H,26,28)(H,27,29). The molecular weight excluding hydrogens is 519 g/mol. The molecule has 5 nitrogen and oxygen atoms in total. The summed E-state index contributed by atoms with van der Waals surface area (Å²) in [6, 6.07) is 6.22. The molecule has 0 fully saturated rings. The average molecular weight is 538 g/mol. The lowest BCUT2D eigenvalue weighted by Gasteiger charge is -2.26. The Balaban J connectivity index is 2.37. The van der Waals surface area contributed by atoms with Gasteiger partial charge in [-0.2, -0.15) is 13.2 Å².